The number of fused-ring (bicyclic) bond motifs is 2. The molecule has 1 aliphatic rings. The maximum atomic E-state index is 12.4. The van der Waals surface area contributed by atoms with E-state index in [1.165, 1.54) is 0 Å². The topological polar surface area (TPSA) is 73.6 Å². The van der Waals surface area contributed by atoms with Crippen molar-refractivity contribution >= 4 is 38.6 Å². The number of rotatable bonds is 3. The van der Waals surface area contributed by atoms with Gasteiger partial charge in [0, 0.05) is 17.1 Å². The highest BCUT2D eigenvalue weighted by Gasteiger charge is 2.17. The van der Waals surface area contributed by atoms with Crippen LogP contribution in [0.15, 0.2) is 39.2 Å². The third-order valence-corrected chi connectivity index (χ3v) is 4.58. The van der Waals surface area contributed by atoms with E-state index in [9.17, 15) is 4.79 Å². The van der Waals surface area contributed by atoms with E-state index in [0.29, 0.717) is 41.9 Å². The average molecular weight is 403 g/mol. The molecule has 1 N–H and O–H groups in total. The van der Waals surface area contributed by atoms with Crippen molar-refractivity contribution in [2.24, 2.45) is 0 Å². The number of aryl methyl sites for hydroxylation is 1. The molecule has 7 heteroatoms. The molecule has 2 aromatic carbocycles. The SMILES string of the molecule is Cc1nc2cc(NC(=O)Cc3cc4c(cc3Br)OCCO4)ccc2o1. The maximum Gasteiger partial charge on any atom is 0.228 e. The van der Waals surface area contributed by atoms with Gasteiger partial charge in [-0.25, -0.2) is 4.98 Å². The van der Waals surface area contributed by atoms with Crippen molar-refractivity contribution in [3.8, 4) is 11.5 Å². The molecule has 1 aromatic heterocycles. The standard InChI is InChI=1S/C18H15BrN2O4/c1-10-20-14-8-12(2-3-15(14)25-10)21-18(22)7-11-6-16-17(9-13(11)19)24-5-4-23-16/h2-3,6,8-9H,4-5,7H2,1H3,(H,21,22). The lowest BCUT2D eigenvalue weighted by atomic mass is 10.1. The average Bonchev–Trinajstić information content (AvgIpc) is 2.95. The van der Waals surface area contributed by atoms with Crippen LogP contribution in [0.4, 0.5) is 5.69 Å². The second-order valence-corrected chi connectivity index (χ2v) is 6.58. The molecular weight excluding hydrogens is 388 g/mol. The van der Waals surface area contributed by atoms with Crippen molar-refractivity contribution in [3.05, 3.63) is 46.3 Å². The Kier molecular flexibility index (Phi) is 4.09. The van der Waals surface area contributed by atoms with Crippen molar-refractivity contribution < 1.29 is 18.7 Å². The largest absolute Gasteiger partial charge is 0.486 e. The van der Waals surface area contributed by atoms with Gasteiger partial charge in [-0.2, -0.15) is 0 Å². The van der Waals surface area contributed by atoms with Crippen LogP contribution in [-0.2, 0) is 11.2 Å². The number of benzene rings is 2. The summed E-state index contributed by atoms with van der Waals surface area (Å²) < 4.78 is 17.4. The van der Waals surface area contributed by atoms with Crippen molar-refractivity contribution in [2.75, 3.05) is 18.5 Å². The Morgan fingerprint density at radius 3 is 2.76 bits per heavy atom. The van der Waals surface area contributed by atoms with E-state index < -0.39 is 0 Å². The molecule has 6 nitrogen and oxygen atoms in total. The molecule has 1 amide bonds. The van der Waals surface area contributed by atoms with Gasteiger partial charge in [-0.3, -0.25) is 4.79 Å². The molecule has 1 aliphatic heterocycles. The van der Waals surface area contributed by atoms with Crippen LogP contribution in [0, 0.1) is 6.92 Å². The zero-order chi connectivity index (χ0) is 17.4. The fourth-order valence-corrected chi connectivity index (χ4v) is 3.20. The highest BCUT2D eigenvalue weighted by atomic mass is 79.9. The van der Waals surface area contributed by atoms with Crippen LogP contribution in [-0.4, -0.2) is 24.1 Å². The third-order valence-electron chi connectivity index (χ3n) is 3.84. The smallest absolute Gasteiger partial charge is 0.228 e. The summed E-state index contributed by atoms with van der Waals surface area (Å²) in [7, 11) is 0. The Labute approximate surface area is 152 Å². The molecule has 2 heterocycles. The first-order chi connectivity index (χ1) is 12.1. The van der Waals surface area contributed by atoms with Gasteiger partial charge in [-0.15, -0.1) is 0 Å². The lowest BCUT2D eigenvalue weighted by Gasteiger charge is -2.19. The van der Waals surface area contributed by atoms with Gasteiger partial charge in [0.25, 0.3) is 0 Å². The minimum absolute atomic E-state index is 0.128. The zero-order valence-electron chi connectivity index (χ0n) is 13.5. The van der Waals surface area contributed by atoms with Gasteiger partial charge in [0.15, 0.2) is 23.0 Å². The van der Waals surface area contributed by atoms with Crippen molar-refractivity contribution in [2.45, 2.75) is 13.3 Å². The number of hydrogen-bond donors (Lipinski definition) is 1. The number of oxazole rings is 1. The van der Waals surface area contributed by atoms with Crippen molar-refractivity contribution in [3.63, 3.8) is 0 Å². The van der Waals surface area contributed by atoms with E-state index in [1.807, 2.05) is 12.1 Å². The normalized spacial score (nSPS) is 13.0. The highest BCUT2D eigenvalue weighted by molar-refractivity contribution is 9.10. The summed E-state index contributed by atoms with van der Waals surface area (Å²) in [4.78, 5) is 16.7. The minimum atomic E-state index is -0.128. The molecule has 0 saturated heterocycles. The molecule has 0 spiro atoms. The molecule has 0 bridgehead atoms. The number of amides is 1. The molecule has 0 aliphatic carbocycles. The second-order valence-electron chi connectivity index (χ2n) is 5.73. The Morgan fingerprint density at radius 2 is 1.96 bits per heavy atom. The van der Waals surface area contributed by atoms with Crippen LogP contribution < -0.4 is 14.8 Å². The fraction of sp³-hybridized carbons (Fsp3) is 0.222. The number of nitrogens with one attached hydrogen (secondary N) is 1. The summed E-state index contributed by atoms with van der Waals surface area (Å²) in [5, 5.41) is 2.89. The summed E-state index contributed by atoms with van der Waals surface area (Å²) in [5.41, 5.74) is 2.93. The molecule has 4 rings (SSSR count). The molecular formula is C18H15BrN2O4. The van der Waals surface area contributed by atoms with Gasteiger partial charge in [0.1, 0.15) is 18.7 Å². The number of anilines is 1. The molecule has 3 aromatic rings. The van der Waals surface area contributed by atoms with Gasteiger partial charge >= 0.3 is 0 Å². The van der Waals surface area contributed by atoms with Crippen LogP contribution in [0.2, 0.25) is 0 Å². The molecule has 128 valence electrons. The van der Waals surface area contributed by atoms with E-state index in [4.69, 9.17) is 13.9 Å². The highest BCUT2D eigenvalue weighted by Crippen LogP contribution is 2.35. The summed E-state index contributed by atoms with van der Waals surface area (Å²) in [6.07, 6.45) is 0.215. The number of ether oxygens (including phenoxy) is 2. The van der Waals surface area contributed by atoms with Crippen molar-refractivity contribution in [1.29, 1.82) is 0 Å². The lowest BCUT2D eigenvalue weighted by molar-refractivity contribution is -0.115. The summed E-state index contributed by atoms with van der Waals surface area (Å²) in [6.45, 7) is 2.83. The van der Waals surface area contributed by atoms with E-state index in [1.54, 1.807) is 25.1 Å². The lowest BCUT2D eigenvalue weighted by Crippen LogP contribution is -2.17. The van der Waals surface area contributed by atoms with Crippen LogP contribution in [0.25, 0.3) is 11.1 Å². The first-order valence-electron chi connectivity index (χ1n) is 7.83. The minimum Gasteiger partial charge on any atom is -0.486 e. The van der Waals surface area contributed by atoms with Crippen LogP contribution in [0.3, 0.4) is 0 Å². The number of halogens is 1. The van der Waals surface area contributed by atoms with Gasteiger partial charge < -0.3 is 19.2 Å². The monoisotopic (exact) mass is 402 g/mol. The maximum absolute atomic E-state index is 12.4. The number of carbonyl (C=O) groups is 1. The quantitative estimate of drug-likeness (QED) is 0.719. The second kappa shape index (κ2) is 6.40. The van der Waals surface area contributed by atoms with Crippen LogP contribution >= 0.6 is 15.9 Å². The number of nitrogens with zero attached hydrogens (tertiary/aromatic N) is 1. The zero-order valence-corrected chi connectivity index (χ0v) is 15.1. The molecule has 25 heavy (non-hydrogen) atoms. The number of hydrogen-bond acceptors (Lipinski definition) is 5. The van der Waals surface area contributed by atoms with Gasteiger partial charge in [-0.05, 0) is 35.9 Å². The van der Waals surface area contributed by atoms with Gasteiger partial charge in [0.2, 0.25) is 5.91 Å². The van der Waals surface area contributed by atoms with Crippen LogP contribution in [0.5, 0.6) is 11.5 Å². The first kappa shape index (κ1) is 16.0. The summed E-state index contributed by atoms with van der Waals surface area (Å²) in [5.74, 6) is 1.82. The molecule has 0 radical (unpaired) electrons. The number of carbonyl (C=O) groups excluding carboxylic acids is 1. The number of aromatic nitrogens is 1. The third kappa shape index (κ3) is 3.32. The van der Waals surface area contributed by atoms with Crippen molar-refractivity contribution in [1.82, 2.24) is 4.98 Å². The van der Waals surface area contributed by atoms with E-state index in [-0.39, 0.29) is 12.3 Å². The first-order valence-corrected chi connectivity index (χ1v) is 8.63. The predicted octanol–water partition coefficient (Wildman–Crippen LogP) is 3.85. The van der Waals surface area contributed by atoms with E-state index >= 15 is 0 Å². The van der Waals surface area contributed by atoms with Crippen LogP contribution in [0.1, 0.15) is 11.5 Å². The van der Waals surface area contributed by atoms with E-state index in [2.05, 4.69) is 26.2 Å². The summed E-state index contributed by atoms with van der Waals surface area (Å²) >= 11 is 3.49. The Hall–Kier alpha value is -2.54. The van der Waals surface area contributed by atoms with Gasteiger partial charge in [-0.1, -0.05) is 15.9 Å². The Balaban J connectivity index is 1.51. The van der Waals surface area contributed by atoms with Gasteiger partial charge in [0.05, 0.1) is 6.42 Å². The predicted molar refractivity (Wildman–Crippen MR) is 96.2 cm³/mol. The molecule has 0 atom stereocenters. The molecule has 0 fully saturated rings. The fourth-order valence-electron chi connectivity index (χ4n) is 2.74. The van der Waals surface area contributed by atoms with E-state index in [0.717, 1.165) is 15.6 Å². The molecule has 0 unspecified atom stereocenters. The molecule has 0 saturated carbocycles. The Bertz CT molecular complexity index is 967. The summed E-state index contributed by atoms with van der Waals surface area (Å²) in [6, 6.07) is 9.06. The Morgan fingerprint density at radius 1 is 1.20 bits per heavy atom.